The molecule has 0 spiro atoms. The largest absolute Gasteiger partial charge is 0.292 e. The average Bonchev–Trinajstić information content (AvgIpc) is 3.44. The van der Waals surface area contributed by atoms with E-state index in [0.717, 1.165) is 45.5 Å². The monoisotopic (exact) mass is 571 g/mol. The van der Waals surface area contributed by atoms with Crippen molar-refractivity contribution in [1.29, 1.82) is 0 Å². The predicted molar refractivity (Wildman–Crippen MR) is 185 cm³/mol. The maximum absolute atomic E-state index is 5.24. The van der Waals surface area contributed by atoms with Crippen molar-refractivity contribution in [3.05, 3.63) is 150 Å². The summed E-state index contributed by atoms with van der Waals surface area (Å²) in [4.78, 5) is 10.0. The van der Waals surface area contributed by atoms with Crippen molar-refractivity contribution in [3.63, 3.8) is 0 Å². The van der Waals surface area contributed by atoms with Gasteiger partial charge in [-0.05, 0) is 76.2 Å². The Morgan fingerprint density at radius 2 is 1.20 bits per heavy atom. The van der Waals surface area contributed by atoms with Crippen LogP contribution < -0.4 is 0 Å². The number of hydrogen-bond acceptors (Lipinski definition) is 2. The average molecular weight is 572 g/mol. The lowest BCUT2D eigenvalue weighted by atomic mass is 9.92. The maximum atomic E-state index is 5.24. The Balaban J connectivity index is 1.30. The van der Waals surface area contributed by atoms with Gasteiger partial charge in [-0.3, -0.25) is 9.55 Å². The molecule has 7 rings (SSSR count). The Morgan fingerprint density at radius 1 is 0.591 bits per heavy atom. The molecule has 3 heteroatoms. The third kappa shape index (κ3) is 5.20. The zero-order valence-corrected chi connectivity index (χ0v) is 25.8. The zero-order chi connectivity index (χ0) is 30.2. The summed E-state index contributed by atoms with van der Waals surface area (Å²) in [5.41, 5.74) is 11.9. The summed E-state index contributed by atoms with van der Waals surface area (Å²) >= 11 is 0. The van der Waals surface area contributed by atoms with Gasteiger partial charge in [0, 0.05) is 22.7 Å². The SMILES string of the molecule is CC(C)c1cccc(C(C)C)c1-n1c(-c2cccc(Cc3cccc(-c4cc5ccccc5cn4)c3)c2)nc2ccccc21. The molecule has 0 aliphatic rings. The van der Waals surface area contributed by atoms with Crippen LogP contribution in [0.1, 0.15) is 61.8 Å². The number of aromatic nitrogens is 3. The summed E-state index contributed by atoms with van der Waals surface area (Å²) in [7, 11) is 0. The van der Waals surface area contributed by atoms with Crippen LogP contribution in [0.5, 0.6) is 0 Å². The maximum Gasteiger partial charge on any atom is 0.145 e. The lowest BCUT2D eigenvalue weighted by Crippen LogP contribution is -2.08. The standard InChI is InChI=1S/C41H37N3/c1-27(2)35-18-11-19-36(28(3)4)40(35)44-39-21-8-7-20-37(39)43-41(44)33-17-10-13-30(24-33)22-29-12-9-16-32(23-29)38-25-31-14-5-6-15-34(31)26-42-38/h5-21,23-28H,22H2,1-4H3. The molecule has 0 radical (unpaired) electrons. The molecule has 2 aromatic heterocycles. The first kappa shape index (κ1) is 27.8. The highest BCUT2D eigenvalue weighted by Crippen LogP contribution is 2.37. The quantitative estimate of drug-likeness (QED) is 0.190. The van der Waals surface area contributed by atoms with Gasteiger partial charge in [-0.25, -0.2) is 4.98 Å². The van der Waals surface area contributed by atoms with Crippen molar-refractivity contribution in [2.45, 2.75) is 46.0 Å². The minimum Gasteiger partial charge on any atom is -0.292 e. The summed E-state index contributed by atoms with van der Waals surface area (Å²) in [6.07, 6.45) is 2.80. The van der Waals surface area contributed by atoms with Crippen LogP contribution in [0.15, 0.2) is 128 Å². The number of pyridine rings is 1. The second kappa shape index (κ2) is 11.6. The van der Waals surface area contributed by atoms with Gasteiger partial charge in [-0.15, -0.1) is 0 Å². The number of rotatable bonds is 7. The topological polar surface area (TPSA) is 30.7 Å². The molecule has 0 aliphatic heterocycles. The van der Waals surface area contributed by atoms with Crippen molar-refractivity contribution in [2.24, 2.45) is 0 Å². The van der Waals surface area contributed by atoms with Gasteiger partial charge < -0.3 is 0 Å². The van der Waals surface area contributed by atoms with E-state index in [1.807, 2.05) is 6.20 Å². The van der Waals surface area contributed by atoms with E-state index in [2.05, 4.69) is 154 Å². The fourth-order valence-electron chi connectivity index (χ4n) is 6.35. The first-order valence-electron chi connectivity index (χ1n) is 15.6. The molecule has 0 N–H and O–H groups in total. The molecule has 0 unspecified atom stereocenters. The highest BCUT2D eigenvalue weighted by Gasteiger charge is 2.22. The highest BCUT2D eigenvalue weighted by molar-refractivity contribution is 5.86. The van der Waals surface area contributed by atoms with Crippen molar-refractivity contribution in [1.82, 2.24) is 14.5 Å². The van der Waals surface area contributed by atoms with Gasteiger partial charge in [0.2, 0.25) is 0 Å². The first-order chi connectivity index (χ1) is 21.5. The molecule has 0 bridgehead atoms. The first-order valence-corrected chi connectivity index (χ1v) is 15.6. The Bertz CT molecular complexity index is 2090. The van der Waals surface area contributed by atoms with E-state index in [1.54, 1.807) is 0 Å². The van der Waals surface area contributed by atoms with Crippen LogP contribution in [0.2, 0.25) is 0 Å². The van der Waals surface area contributed by atoms with E-state index in [4.69, 9.17) is 9.97 Å². The summed E-state index contributed by atoms with van der Waals surface area (Å²) in [5, 5.41) is 2.37. The Hall–Kier alpha value is -5.02. The lowest BCUT2D eigenvalue weighted by Gasteiger charge is -2.22. The fourth-order valence-corrected chi connectivity index (χ4v) is 6.35. The molecule has 44 heavy (non-hydrogen) atoms. The van der Waals surface area contributed by atoms with Gasteiger partial charge in [0.1, 0.15) is 5.82 Å². The molecule has 5 aromatic carbocycles. The number of imidazole rings is 1. The molecular formula is C41H37N3. The third-order valence-corrected chi connectivity index (χ3v) is 8.57. The van der Waals surface area contributed by atoms with E-state index in [9.17, 15) is 0 Å². The van der Waals surface area contributed by atoms with Crippen molar-refractivity contribution < 1.29 is 0 Å². The molecule has 0 fully saturated rings. The minimum atomic E-state index is 0.383. The van der Waals surface area contributed by atoms with Gasteiger partial charge in [0.05, 0.1) is 22.4 Å². The minimum absolute atomic E-state index is 0.383. The molecule has 216 valence electrons. The van der Waals surface area contributed by atoms with E-state index < -0.39 is 0 Å². The molecule has 2 heterocycles. The van der Waals surface area contributed by atoms with Gasteiger partial charge in [-0.1, -0.05) is 119 Å². The van der Waals surface area contributed by atoms with Crippen LogP contribution in [0, 0.1) is 0 Å². The number of nitrogens with zero attached hydrogens (tertiary/aromatic N) is 3. The number of benzene rings is 5. The van der Waals surface area contributed by atoms with Gasteiger partial charge in [0.25, 0.3) is 0 Å². The number of fused-ring (bicyclic) bond motifs is 2. The van der Waals surface area contributed by atoms with Crippen LogP contribution in [-0.2, 0) is 6.42 Å². The van der Waals surface area contributed by atoms with Gasteiger partial charge in [0.15, 0.2) is 0 Å². The smallest absolute Gasteiger partial charge is 0.145 e. The molecule has 0 saturated heterocycles. The molecular weight excluding hydrogens is 534 g/mol. The third-order valence-electron chi connectivity index (χ3n) is 8.57. The normalized spacial score (nSPS) is 11.7. The lowest BCUT2D eigenvalue weighted by molar-refractivity contribution is 0.811. The number of hydrogen-bond donors (Lipinski definition) is 0. The van der Waals surface area contributed by atoms with E-state index >= 15 is 0 Å². The van der Waals surface area contributed by atoms with Gasteiger partial charge in [-0.2, -0.15) is 0 Å². The van der Waals surface area contributed by atoms with E-state index in [0.29, 0.717) is 11.8 Å². The molecule has 0 amide bonds. The molecule has 0 aliphatic carbocycles. The zero-order valence-electron chi connectivity index (χ0n) is 25.8. The predicted octanol–water partition coefficient (Wildman–Crippen LogP) is 10.7. The Labute approximate surface area is 259 Å². The van der Waals surface area contributed by atoms with Crippen LogP contribution in [-0.4, -0.2) is 14.5 Å². The van der Waals surface area contributed by atoms with Crippen molar-refractivity contribution in [2.75, 3.05) is 0 Å². The van der Waals surface area contributed by atoms with E-state index in [-0.39, 0.29) is 0 Å². The van der Waals surface area contributed by atoms with Crippen molar-refractivity contribution in [3.8, 4) is 28.3 Å². The summed E-state index contributed by atoms with van der Waals surface area (Å²) in [6.45, 7) is 9.13. The van der Waals surface area contributed by atoms with E-state index in [1.165, 1.54) is 33.3 Å². The second-order valence-electron chi connectivity index (χ2n) is 12.3. The van der Waals surface area contributed by atoms with Crippen LogP contribution in [0.3, 0.4) is 0 Å². The highest BCUT2D eigenvalue weighted by atomic mass is 15.1. The fraction of sp³-hybridized carbons (Fsp3) is 0.171. The van der Waals surface area contributed by atoms with Crippen LogP contribution in [0.4, 0.5) is 0 Å². The summed E-state index contributed by atoms with van der Waals surface area (Å²) < 4.78 is 2.41. The Kier molecular flexibility index (Phi) is 7.31. The molecule has 0 saturated carbocycles. The van der Waals surface area contributed by atoms with Crippen LogP contribution >= 0.6 is 0 Å². The molecule has 3 nitrogen and oxygen atoms in total. The molecule has 7 aromatic rings. The summed E-state index contributed by atoms with van der Waals surface area (Å²) in [5.74, 6) is 1.75. The van der Waals surface area contributed by atoms with Gasteiger partial charge >= 0.3 is 0 Å². The Morgan fingerprint density at radius 3 is 1.93 bits per heavy atom. The van der Waals surface area contributed by atoms with Crippen LogP contribution in [0.25, 0.3) is 50.1 Å². The molecule has 0 atom stereocenters. The van der Waals surface area contributed by atoms with Crippen molar-refractivity contribution >= 4 is 21.8 Å². The summed E-state index contributed by atoms with van der Waals surface area (Å²) in [6, 6.07) is 43.5. The number of para-hydroxylation sites is 3. The second-order valence-corrected chi connectivity index (χ2v) is 12.3.